The first kappa shape index (κ1) is 14.6. The first-order valence-electron chi connectivity index (χ1n) is 7.56. The van der Waals surface area contributed by atoms with Crippen LogP contribution in [0.15, 0.2) is 0 Å². The number of rotatable bonds is 3. The van der Waals surface area contributed by atoms with Crippen LogP contribution in [0.3, 0.4) is 0 Å². The molecular formula is C14H27N3O2. The number of nitrogens with zero attached hydrogens (tertiary/aromatic N) is 2. The molecule has 1 atom stereocenters. The van der Waals surface area contributed by atoms with Crippen LogP contribution in [0.4, 0.5) is 4.79 Å². The summed E-state index contributed by atoms with van der Waals surface area (Å²) in [6, 6.07) is 0.226. The smallest absolute Gasteiger partial charge is 0.320 e. The van der Waals surface area contributed by atoms with Crippen molar-refractivity contribution >= 4 is 6.03 Å². The molecule has 0 aromatic carbocycles. The molecule has 5 heteroatoms. The maximum atomic E-state index is 12.4. The molecule has 19 heavy (non-hydrogen) atoms. The van der Waals surface area contributed by atoms with Crippen molar-refractivity contribution in [2.24, 2.45) is 11.7 Å². The van der Waals surface area contributed by atoms with E-state index >= 15 is 0 Å². The molecule has 2 aliphatic heterocycles. The molecule has 110 valence electrons. The predicted molar refractivity (Wildman–Crippen MR) is 75.0 cm³/mol. The summed E-state index contributed by atoms with van der Waals surface area (Å²) >= 11 is 0. The van der Waals surface area contributed by atoms with Gasteiger partial charge in [0, 0.05) is 32.7 Å². The molecule has 0 bridgehead atoms. The van der Waals surface area contributed by atoms with Gasteiger partial charge in [-0.05, 0) is 31.6 Å². The van der Waals surface area contributed by atoms with Gasteiger partial charge in [0.1, 0.15) is 0 Å². The largest absolute Gasteiger partial charge is 0.377 e. The van der Waals surface area contributed by atoms with E-state index in [1.807, 2.05) is 9.80 Å². The van der Waals surface area contributed by atoms with Crippen molar-refractivity contribution in [2.45, 2.75) is 38.7 Å². The highest BCUT2D eigenvalue weighted by molar-refractivity contribution is 5.74. The fourth-order valence-corrected chi connectivity index (χ4v) is 3.01. The number of nitrogens with two attached hydrogens (primary N) is 1. The van der Waals surface area contributed by atoms with E-state index in [2.05, 4.69) is 6.92 Å². The zero-order valence-corrected chi connectivity index (χ0v) is 12.0. The maximum Gasteiger partial charge on any atom is 0.320 e. The van der Waals surface area contributed by atoms with Crippen LogP contribution in [-0.4, -0.2) is 61.3 Å². The van der Waals surface area contributed by atoms with Crippen molar-refractivity contribution in [2.75, 3.05) is 39.3 Å². The van der Waals surface area contributed by atoms with E-state index in [4.69, 9.17) is 10.5 Å². The van der Waals surface area contributed by atoms with Crippen molar-refractivity contribution in [3.05, 3.63) is 0 Å². The Labute approximate surface area is 116 Å². The standard InChI is InChI=1S/C14H27N3O2/c1-12-3-2-7-17(11-12)14(18)16-8-4-13(5-9-16)19-10-6-15/h12-13H,2-11,15H2,1H3. The van der Waals surface area contributed by atoms with E-state index < -0.39 is 0 Å². The third-order valence-electron chi connectivity index (χ3n) is 4.11. The van der Waals surface area contributed by atoms with Crippen molar-refractivity contribution in [1.82, 2.24) is 9.80 Å². The quantitative estimate of drug-likeness (QED) is 0.839. The molecule has 0 spiro atoms. The number of piperidine rings is 2. The molecule has 0 aromatic rings. The summed E-state index contributed by atoms with van der Waals surface area (Å²) in [5, 5.41) is 0. The van der Waals surface area contributed by atoms with Crippen LogP contribution in [-0.2, 0) is 4.74 Å². The lowest BCUT2D eigenvalue weighted by Crippen LogP contribution is -2.50. The number of carbonyl (C=O) groups excluding carboxylic acids is 1. The van der Waals surface area contributed by atoms with Gasteiger partial charge in [-0.3, -0.25) is 0 Å². The molecule has 0 aliphatic carbocycles. The lowest BCUT2D eigenvalue weighted by molar-refractivity contribution is 0.0144. The van der Waals surface area contributed by atoms with Crippen molar-refractivity contribution < 1.29 is 9.53 Å². The zero-order valence-electron chi connectivity index (χ0n) is 12.0. The van der Waals surface area contributed by atoms with Gasteiger partial charge in [-0.2, -0.15) is 0 Å². The number of urea groups is 1. The van der Waals surface area contributed by atoms with E-state index in [0.717, 1.165) is 45.4 Å². The van der Waals surface area contributed by atoms with Crippen molar-refractivity contribution in [1.29, 1.82) is 0 Å². The monoisotopic (exact) mass is 269 g/mol. The summed E-state index contributed by atoms with van der Waals surface area (Å²) in [5.74, 6) is 0.642. The molecule has 2 heterocycles. The molecular weight excluding hydrogens is 242 g/mol. The summed E-state index contributed by atoms with van der Waals surface area (Å²) in [7, 11) is 0. The predicted octanol–water partition coefficient (Wildman–Crippen LogP) is 1.28. The van der Waals surface area contributed by atoms with Gasteiger partial charge in [-0.15, -0.1) is 0 Å². The van der Waals surface area contributed by atoms with Crippen LogP contribution in [0.2, 0.25) is 0 Å². The Morgan fingerprint density at radius 2 is 1.95 bits per heavy atom. The number of hydrogen-bond acceptors (Lipinski definition) is 3. The first-order chi connectivity index (χ1) is 9.20. The minimum absolute atomic E-state index is 0.226. The van der Waals surface area contributed by atoms with Gasteiger partial charge in [0.05, 0.1) is 12.7 Å². The van der Waals surface area contributed by atoms with Crippen LogP contribution < -0.4 is 5.73 Å². The molecule has 2 aliphatic rings. The number of likely N-dealkylation sites (tertiary alicyclic amines) is 2. The number of ether oxygens (including phenoxy) is 1. The number of hydrogen-bond donors (Lipinski definition) is 1. The van der Waals surface area contributed by atoms with Gasteiger partial charge >= 0.3 is 6.03 Å². The second-order valence-corrected chi connectivity index (χ2v) is 5.82. The summed E-state index contributed by atoms with van der Waals surface area (Å²) in [4.78, 5) is 16.4. The molecule has 1 unspecified atom stereocenters. The third kappa shape index (κ3) is 4.08. The molecule has 0 aromatic heterocycles. The highest BCUT2D eigenvalue weighted by atomic mass is 16.5. The fourth-order valence-electron chi connectivity index (χ4n) is 3.01. The Morgan fingerprint density at radius 1 is 1.21 bits per heavy atom. The minimum Gasteiger partial charge on any atom is -0.377 e. The topological polar surface area (TPSA) is 58.8 Å². The zero-order chi connectivity index (χ0) is 13.7. The lowest BCUT2D eigenvalue weighted by atomic mass is 10.0. The van der Waals surface area contributed by atoms with Crippen LogP contribution in [0, 0.1) is 5.92 Å². The SMILES string of the molecule is CC1CCCN(C(=O)N2CCC(OCCN)CC2)C1. The normalized spacial score (nSPS) is 25.7. The first-order valence-corrected chi connectivity index (χ1v) is 7.56. The van der Waals surface area contributed by atoms with Crippen molar-refractivity contribution in [3.8, 4) is 0 Å². The Bertz CT molecular complexity index is 290. The average molecular weight is 269 g/mol. The molecule has 0 radical (unpaired) electrons. The highest BCUT2D eigenvalue weighted by Gasteiger charge is 2.28. The second-order valence-electron chi connectivity index (χ2n) is 5.82. The van der Waals surface area contributed by atoms with E-state index in [1.54, 1.807) is 0 Å². The van der Waals surface area contributed by atoms with E-state index in [9.17, 15) is 4.79 Å². The Balaban J connectivity index is 1.75. The van der Waals surface area contributed by atoms with E-state index in [-0.39, 0.29) is 12.1 Å². The van der Waals surface area contributed by atoms with E-state index in [1.165, 1.54) is 6.42 Å². The number of carbonyl (C=O) groups is 1. The van der Waals surface area contributed by atoms with Crippen LogP contribution >= 0.6 is 0 Å². The Morgan fingerprint density at radius 3 is 2.58 bits per heavy atom. The molecule has 2 fully saturated rings. The molecule has 2 N–H and O–H groups in total. The van der Waals surface area contributed by atoms with Gasteiger partial charge in [0.2, 0.25) is 0 Å². The summed E-state index contributed by atoms with van der Waals surface area (Å²) in [5.41, 5.74) is 5.44. The van der Waals surface area contributed by atoms with Crippen molar-refractivity contribution in [3.63, 3.8) is 0 Å². The van der Waals surface area contributed by atoms with Gasteiger partial charge in [-0.25, -0.2) is 4.79 Å². The molecule has 2 saturated heterocycles. The van der Waals surface area contributed by atoms with Gasteiger partial charge in [0.25, 0.3) is 0 Å². The molecule has 2 amide bonds. The fraction of sp³-hybridized carbons (Fsp3) is 0.929. The summed E-state index contributed by atoms with van der Waals surface area (Å²) in [6.07, 6.45) is 4.55. The lowest BCUT2D eigenvalue weighted by Gasteiger charge is -2.38. The van der Waals surface area contributed by atoms with Crippen LogP contribution in [0.1, 0.15) is 32.6 Å². The van der Waals surface area contributed by atoms with Gasteiger partial charge in [0.15, 0.2) is 0 Å². The summed E-state index contributed by atoms with van der Waals surface area (Å²) in [6.45, 7) is 6.91. The molecule has 2 rings (SSSR count). The second kappa shape index (κ2) is 7.10. The average Bonchev–Trinajstić information content (AvgIpc) is 2.45. The minimum atomic E-state index is 0.226. The highest BCUT2D eigenvalue weighted by Crippen LogP contribution is 2.20. The van der Waals surface area contributed by atoms with Crippen LogP contribution in [0.5, 0.6) is 0 Å². The molecule has 5 nitrogen and oxygen atoms in total. The van der Waals surface area contributed by atoms with Gasteiger partial charge < -0.3 is 20.3 Å². The Hall–Kier alpha value is -0.810. The van der Waals surface area contributed by atoms with Crippen LogP contribution in [0.25, 0.3) is 0 Å². The van der Waals surface area contributed by atoms with E-state index in [0.29, 0.717) is 19.1 Å². The molecule has 0 saturated carbocycles. The van der Waals surface area contributed by atoms with Gasteiger partial charge in [-0.1, -0.05) is 6.92 Å². The Kier molecular flexibility index (Phi) is 5.45. The maximum absolute atomic E-state index is 12.4. The summed E-state index contributed by atoms with van der Waals surface area (Å²) < 4.78 is 5.65. The number of amides is 2. The third-order valence-corrected chi connectivity index (χ3v) is 4.11.